The van der Waals surface area contributed by atoms with Crippen LogP contribution in [0.15, 0.2) is 24.5 Å². The molecule has 0 unspecified atom stereocenters. The van der Waals surface area contributed by atoms with Crippen molar-refractivity contribution in [2.75, 3.05) is 31.6 Å². The van der Waals surface area contributed by atoms with Gasteiger partial charge in [-0.15, -0.1) is 0 Å². The van der Waals surface area contributed by atoms with Gasteiger partial charge in [0.1, 0.15) is 6.17 Å². The van der Waals surface area contributed by atoms with Crippen LogP contribution < -0.4 is 5.32 Å². The number of aryl methyl sites for hydroxylation is 1. The van der Waals surface area contributed by atoms with Gasteiger partial charge in [-0.25, -0.2) is 14.4 Å². The summed E-state index contributed by atoms with van der Waals surface area (Å²) in [7, 11) is 1.20. The highest BCUT2D eigenvalue weighted by atomic mass is 35.5. The number of benzene rings is 1. The third-order valence-corrected chi connectivity index (χ3v) is 7.53. The third-order valence-electron chi connectivity index (χ3n) is 7.20. The van der Waals surface area contributed by atoms with E-state index in [4.69, 9.17) is 16.3 Å². The minimum Gasteiger partial charge on any atom is -0.389 e. The molecular weight excluding hydrogens is 504 g/mol. The Morgan fingerprint density at radius 1 is 1.28 bits per heavy atom. The van der Waals surface area contributed by atoms with Crippen LogP contribution in [0, 0.1) is 0 Å². The summed E-state index contributed by atoms with van der Waals surface area (Å²) < 4.78 is 61.8. The topological polar surface area (TPSA) is 88.3 Å². The minimum atomic E-state index is -4.62. The lowest BCUT2D eigenvalue weighted by molar-refractivity contribution is -0.143. The lowest BCUT2D eigenvalue weighted by atomic mass is 9.84. The lowest BCUT2D eigenvalue weighted by Crippen LogP contribution is -2.58. The molecule has 1 aromatic carbocycles. The Balaban J connectivity index is 1.40. The summed E-state index contributed by atoms with van der Waals surface area (Å²) in [6.45, 7) is 3.10. The normalized spacial score (nSPS) is 27.6. The van der Waals surface area contributed by atoms with Gasteiger partial charge in [0.05, 0.1) is 42.3 Å². The molecule has 0 amide bonds. The van der Waals surface area contributed by atoms with E-state index in [-0.39, 0.29) is 24.8 Å². The zero-order valence-corrected chi connectivity index (χ0v) is 20.3. The SMILES string of the molecule is Cn1ncc(Nc2ncc3cc(Cl)c([C@@H]4CCN([C@]5(C)COC[C@@H]5O)C[C@H]4F)cc3n2)c1C(F)(F)F. The van der Waals surface area contributed by atoms with Crippen LogP contribution in [0.5, 0.6) is 0 Å². The average molecular weight is 529 g/mol. The molecule has 0 spiro atoms. The number of rotatable bonds is 4. The molecule has 0 bridgehead atoms. The van der Waals surface area contributed by atoms with Gasteiger partial charge in [0.15, 0.2) is 5.69 Å². The summed E-state index contributed by atoms with van der Waals surface area (Å²) in [5.41, 5.74) is -0.877. The van der Waals surface area contributed by atoms with Gasteiger partial charge in [-0.05, 0) is 37.6 Å². The second-order valence-corrected chi connectivity index (χ2v) is 9.93. The van der Waals surface area contributed by atoms with Crippen LogP contribution >= 0.6 is 11.6 Å². The molecule has 2 saturated heterocycles. The van der Waals surface area contributed by atoms with E-state index in [0.717, 1.165) is 10.9 Å². The molecule has 3 aromatic rings. The zero-order valence-electron chi connectivity index (χ0n) is 19.6. The second kappa shape index (κ2) is 9.09. The first-order valence-electron chi connectivity index (χ1n) is 11.4. The molecule has 0 radical (unpaired) electrons. The number of fused-ring (bicyclic) bond motifs is 1. The van der Waals surface area contributed by atoms with Crippen LogP contribution in [0.4, 0.5) is 29.2 Å². The van der Waals surface area contributed by atoms with E-state index in [9.17, 15) is 18.3 Å². The van der Waals surface area contributed by atoms with Crippen molar-refractivity contribution in [2.45, 2.75) is 43.3 Å². The van der Waals surface area contributed by atoms with Crippen molar-refractivity contribution in [3.8, 4) is 0 Å². The number of halogens is 5. The number of aliphatic hydroxyl groups is 1. The van der Waals surface area contributed by atoms with E-state index in [1.807, 2.05) is 11.8 Å². The van der Waals surface area contributed by atoms with Gasteiger partial charge in [-0.2, -0.15) is 18.3 Å². The molecule has 36 heavy (non-hydrogen) atoms. The van der Waals surface area contributed by atoms with Crippen molar-refractivity contribution < 1.29 is 27.4 Å². The average Bonchev–Trinajstić information content (AvgIpc) is 3.35. The lowest BCUT2D eigenvalue weighted by Gasteiger charge is -2.45. The van der Waals surface area contributed by atoms with Gasteiger partial charge in [-0.1, -0.05) is 11.6 Å². The molecule has 2 aliphatic heterocycles. The largest absolute Gasteiger partial charge is 0.435 e. The highest BCUT2D eigenvalue weighted by Gasteiger charge is 2.47. The number of nitrogens with zero attached hydrogens (tertiary/aromatic N) is 5. The van der Waals surface area contributed by atoms with Gasteiger partial charge in [0.2, 0.25) is 5.95 Å². The number of likely N-dealkylation sites (tertiary alicyclic amines) is 1. The van der Waals surface area contributed by atoms with Crippen molar-refractivity contribution in [1.82, 2.24) is 24.6 Å². The van der Waals surface area contributed by atoms with Crippen molar-refractivity contribution in [1.29, 1.82) is 0 Å². The van der Waals surface area contributed by atoms with Crippen LogP contribution in [0.3, 0.4) is 0 Å². The Morgan fingerprint density at radius 3 is 2.72 bits per heavy atom. The summed E-state index contributed by atoms with van der Waals surface area (Å²) in [5, 5.41) is 17.5. The molecule has 4 atom stereocenters. The smallest absolute Gasteiger partial charge is 0.389 e. The number of nitrogens with one attached hydrogen (secondary N) is 1. The van der Waals surface area contributed by atoms with Crippen LogP contribution in [0.2, 0.25) is 5.02 Å². The minimum absolute atomic E-state index is 0.0518. The second-order valence-electron chi connectivity index (χ2n) is 9.52. The first-order valence-corrected chi connectivity index (χ1v) is 11.8. The standard InChI is InChI=1S/C23H25ClF4N6O2/c1-22(11-36-10-19(22)35)34-4-3-13(16(25)9-34)14-6-17-12(5-15(14)24)7-29-21(31-17)32-18-8-30-33(2)20(18)23(26,27)28/h5-8,13,16,19,35H,3-4,9-11H2,1-2H3,(H,29,31,32)/t13-,16+,19-,22+/m0/s1. The highest BCUT2D eigenvalue weighted by molar-refractivity contribution is 6.32. The fraction of sp³-hybridized carbons (Fsp3) is 0.522. The predicted octanol–water partition coefficient (Wildman–Crippen LogP) is 4.06. The van der Waals surface area contributed by atoms with Crippen molar-refractivity contribution in [3.05, 3.63) is 40.8 Å². The number of hydrogen-bond donors (Lipinski definition) is 2. The van der Waals surface area contributed by atoms with Gasteiger partial charge in [-0.3, -0.25) is 9.58 Å². The Morgan fingerprint density at radius 2 is 2.06 bits per heavy atom. The molecule has 194 valence electrons. The fourth-order valence-electron chi connectivity index (χ4n) is 5.07. The monoisotopic (exact) mass is 528 g/mol. The Labute approximate surface area is 209 Å². The van der Waals surface area contributed by atoms with Crippen molar-refractivity contribution >= 4 is 34.1 Å². The van der Waals surface area contributed by atoms with E-state index in [1.54, 1.807) is 12.1 Å². The first-order chi connectivity index (χ1) is 17.0. The molecule has 2 aromatic heterocycles. The number of aliphatic hydroxyl groups excluding tert-OH is 1. The Kier molecular flexibility index (Phi) is 6.34. The maximum atomic E-state index is 15.5. The van der Waals surface area contributed by atoms with E-state index < -0.39 is 35.6 Å². The number of hydrogen-bond acceptors (Lipinski definition) is 7. The van der Waals surface area contributed by atoms with E-state index in [0.29, 0.717) is 41.1 Å². The molecule has 0 aliphatic carbocycles. The first kappa shape index (κ1) is 25.1. The molecule has 13 heteroatoms. The molecule has 2 N–H and O–H groups in total. The number of ether oxygens (including phenoxy) is 1. The van der Waals surface area contributed by atoms with E-state index in [2.05, 4.69) is 20.4 Å². The predicted molar refractivity (Wildman–Crippen MR) is 125 cm³/mol. The van der Waals surface area contributed by atoms with Crippen LogP contribution in [-0.4, -0.2) is 73.9 Å². The quantitative estimate of drug-likeness (QED) is 0.494. The Bertz CT molecular complexity index is 1290. The molecule has 5 rings (SSSR count). The fourth-order valence-corrected chi connectivity index (χ4v) is 5.38. The third kappa shape index (κ3) is 4.40. The molecule has 0 saturated carbocycles. The number of aromatic nitrogens is 4. The summed E-state index contributed by atoms with van der Waals surface area (Å²) in [4.78, 5) is 10.4. The number of anilines is 2. The molecule has 4 heterocycles. The van der Waals surface area contributed by atoms with E-state index >= 15 is 4.39 Å². The van der Waals surface area contributed by atoms with Crippen LogP contribution in [-0.2, 0) is 18.0 Å². The maximum Gasteiger partial charge on any atom is 0.435 e. The number of alkyl halides is 4. The molecular formula is C23H25ClF4N6O2. The highest BCUT2D eigenvalue weighted by Crippen LogP contribution is 2.40. The molecule has 2 aliphatic rings. The van der Waals surface area contributed by atoms with Crippen molar-refractivity contribution in [3.63, 3.8) is 0 Å². The van der Waals surface area contributed by atoms with Gasteiger partial charge >= 0.3 is 6.18 Å². The maximum absolute atomic E-state index is 15.5. The Hall–Kier alpha value is -2.54. The zero-order chi connectivity index (χ0) is 25.8. The van der Waals surface area contributed by atoms with Gasteiger partial charge in [0.25, 0.3) is 0 Å². The summed E-state index contributed by atoms with van der Waals surface area (Å²) in [6, 6.07) is 3.30. The summed E-state index contributed by atoms with van der Waals surface area (Å²) in [5.74, 6) is -0.549. The van der Waals surface area contributed by atoms with Gasteiger partial charge in [0, 0.05) is 36.1 Å². The van der Waals surface area contributed by atoms with E-state index in [1.165, 1.54) is 13.2 Å². The summed E-state index contributed by atoms with van der Waals surface area (Å²) >= 11 is 6.51. The molecule has 8 nitrogen and oxygen atoms in total. The van der Waals surface area contributed by atoms with Gasteiger partial charge < -0.3 is 15.2 Å². The number of piperidine rings is 1. The van der Waals surface area contributed by atoms with Crippen LogP contribution in [0.25, 0.3) is 10.9 Å². The van der Waals surface area contributed by atoms with Crippen molar-refractivity contribution in [2.24, 2.45) is 7.05 Å². The summed E-state index contributed by atoms with van der Waals surface area (Å²) in [6.07, 6.45) is -3.59. The molecule has 2 fully saturated rings. The van der Waals surface area contributed by atoms with Crippen LogP contribution in [0.1, 0.15) is 30.5 Å².